The lowest BCUT2D eigenvalue weighted by Gasteiger charge is -2.28. The van der Waals surface area contributed by atoms with Crippen molar-refractivity contribution in [1.29, 1.82) is 0 Å². The Bertz CT molecular complexity index is 1020. The van der Waals surface area contributed by atoms with Crippen LogP contribution in [0.15, 0.2) is 47.1 Å². The zero-order valence-electron chi connectivity index (χ0n) is 15.2. The summed E-state index contributed by atoms with van der Waals surface area (Å²) in [5.74, 6) is -0.547. The first kappa shape index (κ1) is 19.1. The van der Waals surface area contributed by atoms with E-state index in [1.807, 2.05) is 18.2 Å². The lowest BCUT2D eigenvalue weighted by molar-refractivity contribution is 0.0712. The van der Waals surface area contributed by atoms with Crippen molar-refractivity contribution in [1.82, 2.24) is 14.9 Å². The van der Waals surface area contributed by atoms with Crippen LogP contribution in [0.5, 0.6) is 0 Å². The number of aliphatic hydroxyl groups excluding tert-OH is 1. The smallest absolute Gasteiger partial charge is 0.270 e. The zero-order valence-corrected chi connectivity index (χ0v) is 16.8. The van der Waals surface area contributed by atoms with Gasteiger partial charge in [-0.3, -0.25) is 4.79 Å². The predicted octanol–water partition coefficient (Wildman–Crippen LogP) is 3.86. The maximum Gasteiger partial charge on any atom is 0.270 e. The number of amides is 1. The van der Waals surface area contributed by atoms with Gasteiger partial charge in [-0.2, -0.15) is 5.10 Å². The summed E-state index contributed by atoms with van der Waals surface area (Å²) in [6.07, 6.45) is 5.14. The van der Waals surface area contributed by atoms with Crippen LogP contribution in [-0.2, 0) is 6.42 Å². The lowest BCUT2D eigenvalue weighted by Crippen LogP contribution is -2.45. The van der Waals surface area contributed by atoms with Gasteiger partial charge in [0.2, 0.25) is 0 Å². The molecule has 2 heterocycles. The fourth-order valence-electron chi connectivity index (χ4n) is 3.80. The molecule has 0 spiro atoms. The zero-order chi connectivity index (χ0) is 19.7. The minimum atomic E-state index is -0.508. The van der Waals surface area contributed by atoms with E-state index < -0.39 is 6.10 Å². The van der Waals surface area contributed by atoms with E-state index in [2.05, 4.69) is 26.3 Å². The second-order valence-corrected chi connectivity index (χ2v) is 8.07. The van der Waals surface area contributed by atoms with E-state index in [9.17, 15) is 14.3 Å². The average molecular weight is 446 g/mol. The Morgan fingerprint density at radius 1 is 1.25 bits per heavy atom. The quantitative estimate of drug-likeness (QED) is 0.640. The van der Waals surface area contributed by atoms with E-state index in [1.165, 1.54) is 12.1 Å². The minimum Gasteiger partial charge on any atom is -0.391 e. The van der Waals surface area contributed by atoms with E-state index in [0.717, 1.165) is 35.9 Å². The number of aliphatic hydroxyl groups is 1. The molecule has 5 nitrogen and oxygen atoms in total. The number of nitrogens with one attached hydrogen (secondary N) is 1. The van der Waals surface area contributed by atoms with Crippen LogP contribution in [0.2, 0.25) is 0 Å². The summed E-state index contributed by atoms with van der Waals surface area (Å²) in [5.41, 5.74) is 3.11. The molecule has 28 heavy (non-hydrogen) atoms. The third-order valence-electron chi connectivity index (χ3n) is 5.29. The number of halogens is 2. The van der Waals surface area contributed by atoms with Crippen LogP contribution in [0.3, 0.4) is 0 Å². The molecule has 1 fully saturated rings. The van der Waals surface area contributed by atoms with E-state index >= 15 is 0 Å². The van der Waals surface area contributed by atoms with Crippen molar-refractivity contribution < 1.29 is 14.3 Å². The Balaban J connectivity index is 1.65. The molecule has 0 unspecified atom stereocenters. The van der Waals surface area contributed by atoms with E-state index in [4.69, 9.17) is 0 Å². The Morgan fingerprint density at radius 3 is 2.86 bits per heavy atom. The highest BCUT2D eigenvalue weighted by molar-refractivity contribution is 9.10. The molecular formula is C21H21BrFN3O2. The molecule has 7 heteroatoms. The molecule has 2 aromatic heterocycles. The summed E-state index contributed by atoms with van der Waals surface area (Å²) in [7, 11) is 0. The minimum absolute atomic E-state index is 0.231. The van der Waals surface area contributed by atoms with Crippen LogP contribution in [0, 0.1) is 5.82 Å². The third-order valence-corrected chi connectivity index (χ3v) is 6.03. The first-order valence-corrected chi connectivity index (χ1v) is 10.2. The number of benzene rings is 1. The van der Waals surface area contributed by atoms with Gasteiger partial charge in [-0.05, 0) is 54.3 Å². The summed E-state index contributed by atoms with van der Waals surface area (Å²) in [6, 6.07) is 9.92. The molecule has 1 amide bonds. The van der Waals surface area contributed by atoms with Gasteiger partial charge in [0.05, 0.1) is 17.7 Å². The van der Waals surface area contributed by atoms with Crippen LogP contribution in [0.25, 0.3) is 5.52 Å². The average Bonchev–Trinajstić information content (AvgIpc) is 3.05. The van der Waals surface area contributed by atoms with Gasteiger partial charge in [0.25, 0.3) is 5.91 Å². The summed E-state index contributed by atoms with van der Waals surface area (Å²) >= 11 is 3.41. The second-order valence-electron chi connectivity index (χ2n) is 7.22. The molecule has 0 bridgehead atoms. The number of aromatic nitrogens is 2. The Morgan fingerprint density at radius 2 is 2.07 bits per heavy atom. The Labute approximate surface area is 170 Å². The van der Waals surface area contributed by atoms with Crippen molar-refractivity contribution in [2.24, 2.45) is 0 Å². The van der Waals surface area contributed by atoms with Crippen LogP contribution >= 0.6 is 15.9 Å². The molecule has 4 rings (SSSR count). The van der Waals surface area contributed by atoms with E-state index in [0.29, 0.717) is 23.0 Å². The molecule has 1 saturated carbocycles. The van der Waals surface area contributed by atoms with Gasteiger partial charge in [0, 0.05) is 17.1 Å². The molecule has 0 saturated heterocycles. The molecule has 146 valence electrons. The second kappa shape index (κ2) is 8.01. The number of nitrogens with zero attached hydrogens (tertiary/aromatic N) is 2. The monoisotopic (exact) mass is 445 g/mol. The van der Waals surface area contributed by atoms with Crippen molar-refractivity contribution >= 4 is 27.4 Å². The molecule has 1 aliphatic carbocycles. The highest BCUT2D eigenvalue weighted by Gasteiger charge is 2.26. The lowest BCUT2D eigenvalue weighted by atomic mass is 9.92. The number of fused-ring (bicyclic) bond motifs is 1. The molecule has 0 radical (unpaired) electrons. The van der Waals surface area contributed by atoms with Crippen molar-refractivity contribution in [3.63, 3.8) is 0 Å². The first-order chi connectivity index (χ1) is 13.5. The fourth-order valence-corrected chi connectivity index (χ4v) is 4.29. The van der Waals surface area contributed by atoms with Crippen molar-refractivity contribution in [2.45, 2.75) is 44.2 Å². The van der Waals surface area contributed by atoms with Gasteiger partial charge in [0.1, 0.15) is 11.5 Å². The van der Waals surface area contributed by atoms with Gasteiger partial charge in [0.15, 0.2) is 0 Å². The maximum absolute atomic E-state index is 13.4. The largest absolute Gasteiger partial charge is 0.391 e. The Hall–Kier alpha value is -2.25. The number of carbonyl (C=O) groups excluding carboxylic acids is 1. The number of rotatable bonds is 4. The van der Waals surface area contributed by atoms with Crippen LogP contribution in [0.1, 0.15) is 47.3 Å². The molecule has 2 N–H and O–H groups in total. The summed E-state index contributed by atoms with van der Waals surface area (Å²) in [4.78, 5) is 12.9. The molecule has 1 aliphatic rings. The summed E-state index contributed by atoms with van der Waals surface area (Å²) in [6.45, 7) is 0. The van der Waals surface area contributed by atoms with Gasteiger partial charge >= 0.3 is 0 Å². The van der Waals surface area contributed by atoms with Gasteiger partial charge < -0.3 is 10.4 Å². The molecule has 0 aliphatic heterocycles. The SMILES string of the molecule is O=C(N[C@H]1CCCC[C@@H]1O)c1cc(Cc2ccc(F)cc2Br)c2cccnn12. The molecule has 3 aromatic rings. The highest BCUT2D eigenvalue weighted by Crippen LogP contribution is 2.25. The molecular weight excluding hydrogens is 425 g/mol. The number of hydrogen-bond acceptors (Lipinski definition) is 3. The van der Waals surface area contributed by atoms with Crippen LogP contribution in [-0.4, -0.2) is 32.8 Å². The van der Waals surface area contributed by atoms with Crippen LogP contribution in [0.4, 0.5) is 4.39 Å². The van der Waals surface area contributed by atoms with Gasteiger partial charge in [-0.1, -0.05) is 34.8 Å². The van der Waals surface area contributed by atoms with Crippen LogP contribution < -0.4 is 5.32 Å². The van der Waals surface area contributed by atoms with E-state index in [-0.39, 0.29) is 17.8 Å². The van der Waals surface area contributed by atoms with Crippen molar-refractivity contribution in [3.05, 3.63) is 69.7 Å². The molecule has 2 atom stereocenters. The number of hydrogen-bond donors (Lipinski definition) is 2. The van der Waals surface area contributed by atoms with E-state index in [1.54, 1.807) is 16.8 Å². The topological polar surface area (TPSA) is 66.6 Å². The van der Waals surface area contributed by atoms with Crippen molar-refractivity contribution in [3.8, 4) is 0 Å². The van der Waals surface area contributed by atoms with Crippen molar-refractivity contribution in [2.75, 3.05) is 0 Å². The maximum atomic E-state index is 13.4. The highest BCUT2D eigenvalue weighted by atomic mass is 79.9. The predicted molar refractivity (Wildman–Crippen MR) is 108 cm³/mol. The molecule has 1 aromatic carbocycles. The van der Waals surface area contributed by atoms with Gasteiger partial charge in [-0.25, -0.2) is 8.91 Å². The standard InChI is InChI=1S/C21H21BrFN3O2/c22-16-12-15(23)8-7-13(16)10-14-11-19(26-18(14)5-3-9-24-26)21(28)25-17-4-1-2-6-20(17)27/h3,5,7-9,11-12,17,20,27H,1-2,4,6,10H2,(H,25,28)/t17-,20-/m0/s1. The Kier molecular flexibility index (Phi) is 5.46. The number of carbonyl (C=O) groups is 1. The summed E-state index contributed by atoms with van der Waals surface area (Å²) < 4.78 is 15.7. The fraction of sp³-hybridized carbons (Fsp3) is 0.333. The first-order valence-electron chi connectivity index (χ1n) is 9.41. The normalized spacial score (nSPS) is 19.7. The third kappa shape index (κ3) is 3.82. The summed E-state index contributed by atoms with van der Waals surface area (Å²) in [5, 5.41) is 17.5. The van der Waals surface area contributed by atoms with Gasteiger partial charge in [-0.15, -0.1) is 0 Å².